The average Bonchev–Trinajstić information content (AvgIpc) is 2.69. The Morgan fingerprint density at radius 1 is 1.09 bits per heavy atom. The molecule has 1 fully saturated rings. The van der Waals surface area contributed by atoms with E-state index in [0.717, 1.165) is 24.1 Å². The van der Waals surface area contributed by atoms with E-state index in [0.29, 0.717) is 5.88 Å². The highest BCUT2D eigenvalue weighted by molar-refractivity contribution is 6.62. The Balaban J connectivity index is 1.70. The summed E-state index contributed by atoms with van der Waals surface area (Å²) in [4.78, 5) is 4.36. The Morgan fingerprint density at radius 2 is 1.82 bits per heavy atom. The van der Waals surface area contributed by atoms with Crippen LogP contribution in [0.1, 0.15) is 40.5 Å². The maximum absolute atomic E-state index is 6.01. The van der Waals surface area contributed by atoms with Gasteiger partial charge in [0.2, 0.25) is 5.88 Å². The molecule has 5 heteroatoms. The highest BCUT2D eigenvalue weighted by Crippen LogP contribution is 2.36. The summed E-state index contributed by atoms with van der Waals surface area (Å²) in [6, 6.07) is 3.79. The third kappa shape index (κ3) is 2.96. The van der Waals surface area contributed by atoms with Crippen LogP contribution in [0.4, 0.5) is 0 Å². The number of allylic oxidation sites excluding steroid dienone is 3. The van der Waals surface area contributed by atoms with E-state index in [9.17, 15) is 0 Å². The lowest BCUT2D eigenvalue weighted by Gasteiger charge is -2.32. The molecule has 1 aliphatic heterocycles. The van der Waals surface area contributed by atoms with Crippen LogP contribution in [-0.2, 0) is 9.31 Å². The van der Waals surface area contributed by atoms with Crippen molar-refractivity contribution in [2.24, 2.45) is 0 Å². The van der Waals surface area contributed by atoms with Crippen molar-refractivity contribution in [2.45, 2.75) is 51.7 Å². The van der Waals surface area contributed by atoms with Crippen LogP contribution in [0.5, 0.6) is 5.88 Å². The Labute approximate surface area is 132 Å². The first kappa shape index (κ1) is 15.3. The fraction of sp³-hybridized carbons (Fsp3) is 0.471. The summed E-state index contributed by atoms with van der Waals surface area (Å²) in [5, 5.41) is 0. The number of hydrogen-bond acceptors (Lipinski definition) is 4. The van der Waals surface area contributed by atoms with E-state index >= 15 is 0 Å². The molecule has 4 nitrogen and oxygen atoms in total. The van der Waals surface area contributed by atoms with Gasteiger partial charge in [0.05, 0.1) is 11.2 Å². The number of ether oxygens (including phenoxy) is 1. The van der Waals surface area contributed by atoms with Gasteiger partial charge in [0, 0.05) is 17.7 Å². The van der Waals surface area contributed by atoms with Crippen molar-refractivity contribution in [3.05, 3.63) is 42.3 Å². The van der Waals surface area contributed by atoms with E-state index in [1.54, 1.807) is 6.20 Å². The molecule has 2 heterocycles. The second-order valence-corrected chi connectivity index (χ2v) is 6.71. The molecule has 3 rings (SSSR count). The van der Waals surface area contributed by atoms with Crippen molar-refractivity contribution in [3.63, 3.8) is 0 Å². The summed E-state index contributed by atoms with van der Waals surface area (Å²) >= 11 is 0. The number of pyridine rings is 1. The highest BCUT2D eigenvalue weighted by Gasteiger charge is 2.51. The van der Waals surface area contributed by atoms with Crippen LogP contribution in [-0.4, -0.2) is 23.3 Å². The summed E-state index contributed by atoms with van der Waals surface area (Å²) in [6.07, 6.45) is 9.99. The zero-order chi connectivity index (χ0) is 15.8. The Kier molecular flexibility index (Phi) is 3.87. The van der Waals surface area contributed by atoms with Crippen LogP contribution in [0.25, 0.3) is 0 Å². The molecular formula is C17H22BNO3. The van der Waals surface area contributed by atoms with Crippen molar-refractivity contribution in [3.8, 4) is 5.88 Å². The Hall–Kier alpha value is -1.59. The summed E-state index contributed by atoms with van der Waals surface area (Å²) in [7, 11) is -0.389. The van der Waals surface area contributed by atoms with Gasteiger partial charge in [0.15, 0.2) is 0 Å². The molecule has 0 unspecified atom stereocenters. The molecule has 1 aliphatic carbocycles. The highest BCUT2D eigenvalue weighted by atomic mass is 16.7. The molecule has 0 amide bonds. The number of nitrogens with zero attached hydrogens (tertiary/aromatic N) is 1. The van der Waals surface area contributed by atoms with Crippen molar-refractivity contribution in [1.29, 1.82) is 0 Å². The minimum atomic E-state index is -0.389. The van der Waals surface area contributed by atoms with Gasteiger partial charge in [-0.05, 0) is 52.7 Å². The molecule has 1 aromatic rings. The second-order valence-electron chi connectivity index (χ2n) is 6.71. The molecular weight excluding hydrogens is 277 g/mol. The standard InChI is InChI=1S/C17H22BNO3/c1-16(2)17(3,4)22-18(21-16)13-10-11-15(19-12-13)20-14-8-6-5-7-9-14/h6,8-12H,5,7H2,1-4H3. The average molecular weight is 299 g/mol. The van der Waals surface area contributed by atoms with Crippen molar-refractivity contribution in [1.82, 2.24) is 4.98 Å². The summed E-state index contributed by atoms with van der Waals surface area (Å²) in [5.74, 6) is 1.43. The van der Waals surface area contributed by atoms with E-state index in [2.05, 4.69) is 17.1 Å². The van der Waals surface area contributed by atoms with Crippen LogP contribution < -0.4 is 10.2 Å². The smallest absolute Gasteiger partial charge is 0.439 e. The Bertz CT molecular complexity index is 589. The molecule has 0 N–H and O–H groups in total. The van der Waals surface area contributed by atoms with Crippen molar-refractivity contribution < 1.29 is 14.0 Å². The van der Waals surface area contributed by atoms with Gasteiger partial charge in [-0.2, -0.15) is 0 Å². The topological polar surface area (TPSA) is 40.6 Å². The van der Waals surface area contributed by atoms with Crippen molar-refractivity contribution >= 4 is 12.6 Å². The van der Waals surface area contributed by atoms with Crippen LogP contribution in [0, 0.1) is 0 Å². The van der Waals surface area contributed by atoms with Crippen LogP contribution in [0.15, 0.2) is 42.3 Å². The van der Waals surface area contributed by atoms with Gasteiger partial charge >= 0.3 is 7.12 Å². The molecule has 0 atom stereocenters. The molecule has 116 valence electrons. The number of rotatable bonds is 3. The quantitative estimate of drug-likeness (QED) is 0.805. The molecule has 0 aromatic carbocycles. The molecule has 0 radical (unpaired) electrons. The lowest BCUT2D eigenvalue weighted by atomic mass is 9.80. The van der Waals surface area contributed by atoms with Gasteiger partial charge in [-0.25, -0.2) is 4.98 Å². The molecule has 0 bridgehead atoms. The SMILES string of the molecule is CC1(C)OB(c2ccc(OC3=CCCC=C3)nc2)OC1(C)C. The molecule has 22 heavy (non-hydrogen) atoms. The van der Waals surface area contributed by atoms with E-state index in [1.165, 1.54) is 0 Å². The predicted octanol–water partition coefficient (Wildman–Crippen LogP) is 2.99. The van der Waals surface area contributed by atoms with Gasteiger partial charge in [0.1, 0.15) is 5.76 Å². The van der Waals surface area contributed by atoms with E-state index < -0.39 is 0 Å². The van der Waals surface area contributed by atoms with Gasteiger partial charge in [-0.15, -0.1) is 0 Å². The number of aromatic nitrogens is 1. The van der Waals surface area contributed by atoms with Gasteiger partial charge in [-0.1, -0.05) is 12.1 Å². The summed E-state index contributed by atoms with van der Waals surface area (Å²) < 4.78 is 17.8. The third-order valence-corrected chi connectivity index (χ3v) is 4.47. The molecule has 1 aromatic heterocycles. The summed E-state index contributed by atoms with van der Waals surface area (Å²) in [6.45, 7) is 8.17. The van der Waals surface area contributed by atoms with Crippen LogP contribution in [0.2, 0.25) is 0 Å². The molecule has 1 saturated heterocycles. The van der Waals surface area contributed by atoms with E-state index in [1.807, 2.05) is 45.9 Å². The minimum Gasteiger partial charge on any atom is -0.439 e. The van der Waals surface area contributed by atoms with Crippen molar-refractivity contribution in [2.75, 3.05) is 0 Å². The normalized spacial score (nSPS) is 22.5. The zero-order valence-corrected chi connectivity index (χ0v) is 13.6. The van der Waals surface area contributed by atoms with Crippen LogP contribution in [0.3, 0.4) is 0 Å². The molecule has 0 spiro atoms. The third-order valence-electron chi connectivity index (χ3n) is 4.47. The fourth-order valence-electron chi connectivity index (χ4n) is 2.36. The second kappa shape index (κ2) is 5.56. The molecule has 2 aliphatic rings. The molecule has 0 saturated carbocycles. The first-order chi connectivity index (χ1) is 10.4. The lowest BCUT2D eigenvalue weighted by molar-refractivity contribution is 0.00578. The predicted molar refractivity (Wildman–Crippen MR) is 87.0 cm³/mol. The lowest BCUT2D eigenvalue weighted by Crippen LogP contribution is -2.41. The first-order valence-corrected chi connectivity index (χ1v) is 7.73. The van der Waals surface area contributed by atoms with Gasteiger partial charge < -0.3 is 14.0 Å². The van der Waals surface area contributed by atoms with E-state index in [-0.39, 0.29) is 18.3 Å². The number of hydrogen-bond donors (Lipinski definition) is 0. The van der Waals surface area contributed by atoms with Gasteiger partial charge in [0.25, 0.3) is 0 Å². The minimum absolute atomic E-state index is 0.343. The largest absolute Gasteiger partial charge is 0.496 e. The van der Waals surface area contributed by atoms with Gasteiger partial charge in [-0.3, -0.25) is 0 Å². The van der Waals surface area contributed by atoms with Crippen LogP contribution >= 0.6 is 0 Å². The zero-order valence-electron chi connectivity index (χ0n) is 13.6. The summed E-state index contributed by atoms with van der Waals surface area (Å²) in [5.41, 5.74) is 0.217. The maximum atomic E-state index is 6.01. The maximum Gasteiger partial charge on any atom is 0.496 e. The fourth-order valence-corrected chi connectivity index (χ4v) is 2.36. The first-order valence-electron chi connectivity index (χ1n) is 7.73. The Morgan fingerprint density at radius 3 is 2.36 bits per heavy atom. The monoisotopic (exact) mass is 299 g/mol. The van der Waals surface area contributed by atoms with E-state index in [4.69, 9.17) is 14.0 Å².